The van der Waals surface area contributed by atoms with E-state index >= 15 is 0 Å². The third-order valence-electron chi connectivity index (χ3n) is 7.21. The molecular weight excluding hydrogens is 372 g/mol. The van der Waals surface area contributed by atoms with Crippen molar-refractivity contribution in [2.24, 2.45) is 23.7 Å². The molecule has 0 aromatic heterocycles. The molecule has 2 aliphatic carbocycles. The summed E-state index contributed by atoms with van der Waals surface area (Å²) in [6.07, 6.45) is 10.7. The van der Waals surface area contributed by atoms with Crippen LogP contribution in [0.2, 0.25) is 0 Å². The first kappa shape index (κ1) is 26.1. The van der Waals surface area contributed by atoms with Crippen LogP contribution >= 0.6 is 0 Å². The van der Waals surface area contributed by atoms with Gasteiger partial charge in [-0.05, 0) is 104 Å². The van der Waals surface area contributed by atoms with E-state index in [-0.39, 0.29) is 6.10 Å². The first-order valence-corrected chi connectivity index (χ1v) is 12.6. The van der Waals surface area contributed by atoms with Gasteiger partial charge in [0, 0.05) is 39.3 Å². The first-order valence-electron chi connectivity index (χ1n) is 12.6. The first-order chi connectivity index (χ1) is 14.2. The normalized spacial score (nSPS) is 29.3. The minimum Gasteiger partial charge on any atom is -0.390 e. The summed E-state index contributed by atoms with van der Waals surface area (Å²) >= 11 is 0. The fraction of sp³-hybridized carbons (Fsp3) is 1.00. The summed E-state index contributed by atoms with van der Waals surface area (Å²) in [5, 5.41) is 10.7. The zero-order valence-corrected chi connectivity index (χ0v) is 21.0. The summed E-state index contributed by atoms with van der Waals surface area (Å²) in [6.45, 7) is 6.33. The second-order valence-corrected chi connectivity index (χ2v) is 11.4. The summed E-state index contributed by atoms with van der Waals surface area (Å²) in [5.74, 6) is 3.31. The van der Waals surface area contributed by atoms with E-state index in [2.05, 4.69) is 61.9 Å². The van der Waals surface area contributed by atoms with E-state index in [0.29, 0.717) is 0 Å². The monoisotopic (exact) mass is 424 g/mol. The maximum atomic E-state index is 10.7. The summed E-state index contributed by atoms with van der Waals surface area (Å²) in [5.41, 5.74) is 0. The molecule has 178 valence electrons. The Balaban J connectivity index is 1.65. The van der Waals surface area contributed by atoms with Crippen LogP contribution in [0.1, 0.15) is 51.4 Å². The van der Waals surface area contributed by atoms with E-state index in [0.717, 1.165) is 49.9 Å². The standard InChI is InChI=1S/C25H52N4O/c1-26(2)15-21-9-7-11-23(13-21)17-28(5)19-25(30)20-29(6)18-24-12-8-10-22(14-24)16-27(3)4/h21-25,30H,7-20H2,1-6H3. The van der Waals surface area contributed by atoms with Gasteiger partial charge in [0.2, 0.25) is 0 Å². The van der Waals surface area contributed by atoms with Crippen molar-refractivity contribution in [3.63, 3.8) is 0 Å². The topological polar surface area (TPSA) is 33.2 Å². The van der Waals surface area contributed by atoms with Crippen LogP contribution in [-0.2, 0) is 0 Å². The molecule has 0 amide bonds. The third kappa shape index (κ3) is 10.4. The number of hydrogen-bond donors (Lipinski definition) is 1. The molecule has 2 rings (SSSR count). The van der Waals surface area contributed by atoms with Crippen molar-refractivity contribution >= 4 is 0 Å². The van der Waals surface area contributed by atoms with Gasteiger partial charge in [0.1, 0.15) is 0 Å². The quantitative estimate of drug-likeness (QED) is 0.521. The fourth-order valence-corrected chi connectivity index (χ4v) is 6.31. The largest absolute Gasteiger partial charge is 0.390 e. The Hall–Kier alpha value is -0.200. The molecule has 0 heterocycles. The zero-order chi connectivity index (χ0) is 22.1. The van der Waals surface area contributed by atoms with E-state index in [1.165, 1.54) is 64.5 Å². The van der Waals surface area contributed by atoms with Crippen molar-refractivity contribution in [3.05, 3.63) is 0 Å². The average Bonchev–Trinajstić information content (AvgIpc) is 2.60. The van der Waals surface area contributed by atoms with Gasteiger partial charge in [-0.3, -0.25) is 0 Å². The van der Waals surface area contributed by atoms with Gasteiger partial charge in [-0.25, -0.2) is 0 Å². The van der Waals surface area contributed by atoms with Gasteiger partial charge in [0.15, 0.2) is 0 Å². The second-order valence-electron chi connectivity index (χ2n) is 11.4. The molecule has 0 radical (unpaired) electrons. The smallest absolute Gasteiger partial charge is 0.0793 e. The van der Waals surface area contributed by atoms with Crippen LogP contribution in [-0.4, -0.2) is 112 Å². The molecule has 2 fully saturated rings. The number of hydrogen-bond acceptors (Lipinski definition) is 5. The van der Waals surface area contributed by atoms with Crippen LogP contribution in [0.4, 0.5) is 0 Å². The van der Waals surface area contributed by atoms with Gasteiger partial charge in [-0.15, -0.1) is 0 Å². The Morgan fingerprint density at radius 2 is 0.933 bits per heavy atom. The van der Waals surface area contributed by atoms with Crippen molar-refractivity contribution in [2.45, 2.75) is 57.5 Å². The molecule has 4 unspecified atom stereocenters. The SMILES string of the molecule is CN(C)CC1CCCC(CN(C)CC(O)CN(C)CC2CCCC(CN(C)C)C2)C1. The summed E-state index contributed by atoms with van der Waals surface area (Å²) in [6, 6.07) is 0. The molecule has 0 aromatic carbocycles. The molecule has 2 aliphatic rings. The molecule has 0 aliphatic heterocycles. The number of nitrogens with zero attached hydrogens (tertiary/aromatic N) is 4. The number of aliphatic hydroxyl groups excluding tert-OH is 1. The molecule has 30 heavy (non-hydrogen) atoms. The molecule has 4 atom stereocenters. The summed E-state index contributed by atoms with van der Waals surface area (Å²) < 4.78 is 0. The Morgan fingerprint density at radius 3 is 1.27 bits per heavy atom. The molecular formula is C25H52N4O. The van der Waals surface area contributed by atoms with Gasteiger partial charge in [-0.2, -0.15) is 0 Å². The van der Waals surface area contributed by atoms with Gasteiger partial charge in [0.05, 0.1) is 6.10 Å². The molecule has 0 bridgehead atoms. The number of rotatable bonds is 12. The van der Waals surface area contributed by atoms with Gasteiger partial charge >= 0.3 is 0 Å². The Labute approximate surface area is 187 Å². The van der Waals surface area contributed by atoms with E-state index in [1.807, 2.05) is 0 Å². The molecule has 1 N–H and O–H groups in total. The lowest BCUT2D eigenvalue weighted by atomic mass is 9.81. The molecule has 5 nitrogen and oxygen atoms in total. The zero-order valence-electron chi connectivity index (χ0n) is 21.0. The predicted octanol–water partition coefficient (Wildman–Crippen LogP) is 2.95. The van der Waals surface area contributed by atoms with Crippen molar-refractivity contribution in [3.8, 4) is 0 Å². The highest BCUT2D eigenvalue weighted by Gasteiger charge is 2.26. The van der Waals surface area contributed by atoms with Crippen molar-refractivity contribution in [1.82, 2.24) is 19.6 Å². The Morgan fingerprint density at radius 1 is 0.600 bits per heavy atom. The summed E-state index contributed by atoms with van der Waals surface area (Å²) in [7, 11) is 13.2. The predicted molar refractivity (Wildman–Crippen MR) is 129 cm³/mol. The van der Waals surface area contributed by atoms with Crippen LogP contribution in [0, 0.1) is 23.7 Å². The van der Waals surface area contributed by atoms with Gasteiger partial charge in [-0.1, -0.05) is 12.8 Å². The van der Waals surface area contributed by atoms with Crippen molar-refractivity contribution < 1.29 is 5.11 Å². The highest BCUT2D eigenvalue weighted by molar-refractivity contribution is 4.79. The molecule has 0 saturated heterocycles. The Kier molecular flexibility index (Phi) is 11.6. The molecule has 2 saturated carbocycles. The average molecular weight is 425 g/mol. The van der Waals surface area contributed by atoms with Crippen LogP contribution in [0.25, 0.3) is 0 Å². The summed E-state index contributed by atoms with van der Waals surface area (Å²) in [4.78, 5) is 9.45. The van der Waals surface area contributed by atoms with E-state index in [4.69, 9.17) is 0 Å². The Bertz CT molecular complexity index is 418. The van der Waals surface area contributed by atoms with E-state index in [1.54, 1.807) is 0 Å². The highest BCUT2D eigenvalue weighted by atomic mass is 16.3. The minimum absolute atomic E-state index is 0.248. The lowest BCUT2D eigenvalue weighted by Crippen LogP contribution is -2.41. The van der Waals surface area contributed by atoms with Crippen LogP contribution in [0.15, 0.2) is 0 Å². The van der Waals surface area contributed by atoms with E-state index in [9.17, 15) is 5.11 Å². The maximum absolute atomic E-state index is 10.7. The fourth-order valence-electron chi connectivity index (χ4n) is 6.31. The molecule has 0 aromatic rings. The lowest BCUT2D eigenvalue weighted by molar-refractivity contribution is 0.0701. The molecule has 5 heteroatoms. The number of likely N-dealkylation sites (N-methyl/N-ethyl adjacent to an activating group) is 2. The maximum Gasteiger partial charge on any atom is 0.0793 e. The van der Waals surface area contributed by atoms with Crippen LogP contribution in [0.5, 0.6) is 0 Å². The third-order valence-corrected chi connectivity index (χ3v) is 7.21. The van der Waals surface area contributed by atoms with Gasteiger partial charge < -0.3 is 24.7 Å². The minimum atomic E-state index is -0.248. The second kappa shape index (κ2) is 13.4. The number of aliphatic hydroxyl groups is 1. The van der Waals surface area contributed by atoms with Gasteiger partial charge in [0.25, 0.3) is 0 Å². The highest BCUT2D eigenvalue weighted by Crippen LogP contribution is 2.31. The van der Waals surface area contributed by atoms with Crippen molar-refractivity contribution in [1.29, 1.82) is 0 Å². The van der Waals surface area contributed by atoms with Crippen LogP contribution in [0.3, 0.4) is 0 Å². The van der Waals surface area contributed by atoms with Crippen molar-refractivity contribution in [2.75, 3.05) is 81.6 Å². The van der Waals surface area contributed by atoms with E-state index < -0.39 is 0 Å². The van der Waals surface area contributed by atoms with Crippen LogP contribution < -0.4 is 0 Å². The molecule has 0 spiro atoms. The lowest BCUT2D eigenvalue weighted by Gasteiger charge is -2.35.